The number of rotatable bonds is 34. The summed E-state index contributed by atoms with van der Waals surface area (Å²) in [6.07, 6.45) is 48.9. The Morgan fingerprint density at radius 1 is 0.275 bits per heavy atom. The van der Waals surface area contributed by atoms with Crippen LogP contribution in [-0.4, -0.2) is 25.7 Å². The summed E-state index contributed by atoms with van der Waals surface area (Å²) in [5.41, 5.74) is 0. The molecule has 0 atom stereocenters. The van der Waals surface area contributed by atoms with E-state index in [9.17, 15) is 0 Å². The summed E-state index contributed by atoms with van der Waals surface area (Å²) in [5.74, 6) is -1.92. The minimum Gasteiger partial charge on any atom is -0.0654 e. The summed E-state index contributed by atoms with van der Waals surface area (Å²) in [7, 11) is 0. The van der Waals surface area contributed by atoms with Crippen molar-refractivity contribution < 1.29 is 0 Å². The van der Waals surface area contributed by atoms with Crippen molar-refractivity contribution in [3.63, 3.8) is 0 Å². The van der Waals surface area contributed by atoms with E-state index in [1.54, 1.807) is 0 Å². The average molecular weight is 603 g/mol. The molecule has 0 N–H and O–H groups in total. The van der Waals surface area contributed by atoms with Crippen LogP contribution in [0.1, 0.15) is 219 Å². The van der Waals surface area contributed by atoms with Crippen LogP contribution in [-0.2, 0) is 0 Å². The summed E-state index contributed by atoms with van der Waals surface area (Å²) in [6, 6.07) is 0. The summed E-state index contributed by atoms with van der Waals surface area (Å²) in [5, 5.41) is 0. The van der Waals surface area contributed by atoms with Crippen LogP contribution in [0.2, 0.25) is 0 Å². The van der Waals surface area contributed by atoms with Crippen LogP contribution in [0, 0.1) is 0 Å². The fraction of sp³-hybridized carbons (Fsp3) is 1.00. The standard InChI is InChI=1S/C38H80ClP/c1-5-7-9-11-13-15-17-19-21-23-25-27-29-31-33-35-37-40(3,4,39)38-36-34-32-30-28-26-24-22-20-18-16-14-12-10-8-6-2/h5-38H2,1-4H3. The molecule has 0 nitrogen and oxygen atoms in total. The fourth-order valence-corrected chi connectivity index (χ4v) is 9.75. The van der Waals surface area contributed by atoms with Crippen LogP contribution in [0.3, 0.4) is 0 Å². The van der Waals surface area contributed by atoms with Gasteiger partial charge in [-0.3, -0.25) is 0 Å². The first kappa shape index (κ1) is 40.7. The normalized spacial score (nSPS) is 13.1. The Balaban J connectivity index is 3.40. The molecule has 0 bridgehead atoms. The van der Waals surface area contributed by atoms with Crippen LogP contribution in [0.4, 0.5) is 0 Å². The molecule has 0 aromatic rings. The van der Waals surface area contributed by atoms with Crippen molar-refractivity contribution in [3.05, 3.63) is 0 Å². The average Bonchev–Trinajstić information content (AvgIpc) is 2.92. The van der Waals surface area contributed by atoms with Gasteiger partial charge in [-0.1, -0.05) is 78.1 Å². The molecule has 0 fully saturated rings. The third-order valence-corrected chi connectivity index (χ3v) is 13.8. The maximum atomic E-state index is 7.25. The van der Waals surface area contributed by atoms with Crippen molar-refractivity contribution in [1.29, 1.82) is 0 Å². The van der Waals surface area contributed by atoms with E-state index in [2.05, 4.69) is 27.2 Å². The van der Waals surface area contributed by atoms with Gasteiger partial charge in [-0.2, -0.15) is 0 Å². The fourth-order valence-electron chi connectivity index (χ4n) is 6.41. The van der Waals surface area contributed by atoms with E-state index >= 15 is 0 Å². The van der Waals surface area contributed by atoms with E-state index in [-0.39, 0.29) is 0 Å². The van der Waals surface area contributed by atoms with Gasteiger partial charge in [0.25, 0.3) is 0 Å². The van der Waals surface area contributed by atoms with Crippen molar-refractivity contribution in [3.8, 4) is 0 Å². The SMILES string of the molecule is CCCCCCCCCCCCCCCCCCP(C)(C)(Cl)CCCCCCCCCCCCCCCCCC. The summed E-state index contributed by atoms with van der Waals surface area (Å²) < 4.78 is 0. The molecule has 0 spiro atoms. The van der Waals surface area contributed by atoms with Crippen LogP contribution in [0.5, 0.6) is 0 Å². The van der Waals surface area contributed by atoms with Gasteiger partial charge in [-0.15, -0.1) is 0 Å². The molecule has 0 heterocycles. The summed E-state index contributed by atoms with van der Waals surface area (Å²) in [6.45, 7) is 9.51. The molecule has 0 aromatic heterocycles. The molecule has 0 rings (SSSR count). The Bertz CT molecular complexity index is 440. The van der Waals surface area contributed by atoms with Crippen molar-refractivity contribution in [1.82, 2.24) is 0 Å². The van der Waals surface area contributed by atoms with Gasteiger partial charge in [0.15, 0.2) is 0 Å². The third-order valence-electron chi connectivity index (χ3n) is 9.40. The van der Waals surface area contributed by atoms with E-state index in [0.29, 0.717) is 0 Å². The Morgan fingerprint density at radius 3 is 0.600 bits per heavy atom. The molecule has 0 radical (unpaired) electrons. The van der Waals surface area contributed by atoms with E-state index in [1.165, 1.54) is 218 Å². The first-order valence-electron chi connectivity index (χ1n) is 19.1. The molecule has 2 heteroatoms. The molecule has 0 aliphatic heterocycles. The second-order valence-electron chi connectivity index (χ2n) is 14.6. The smallest absolute Gasteiger partial charge is 0.0654 e. The van der Waals surface area contributed by atoms with Crippen molar-refractivity contribution in [2.75, 3.05) is 25.7 Å². The maximum absolute atomic E-state index is 7.25. The van der Waals surface area contributed by atoms with Gasteiger partial charge in [-0.05, 0) is 0 Å². The predicted molar refractivity (Wildman–Crippen MR) is 193 cm³/mol. The van der Waals surface area contributed by atoms with Gasteiger partial charge < -0.3 is 0 Å². The Morgan fingerprint density at radius 2 is 0.425 bits per heavy atom. The minimum atomic E-state index is -1.92. The van der Waals surface area contributed by atoms with Crippen LogP contribution < -0.4 is 0 Å². The predicted octanol–water partition coefficient (Wildman–Crippen LogP) is 15.5. The van der Waals surface area contributed by atoms with Gasteiger partial charge in [0.2, 0.25) is 0 Å². The Kier molecular flexibility index (Phi) is 30.3. The van der Waals surface area contributed by atoms with Crippen LogP contribution >= 0.6 is 17.2 Å². The molecule has 244 valence electrons. The Hall–Kier alpha value is 0.720. The second kappa shape index (κ2) is 29.8. The second-order valence-corrected chi connectivity index (χ2v) is 23.9. The molecule has 0 saturated carbocycles. The van der Waals surface area contributed by atoms with Crippen molar-refractivity contribution in [2.45, 2.75) is 219 Å². The number of unbranched alkanes of at least 4 members (excludes halogenated alkanes) is 30. The first-order valence-corrected chi connectivity index (χ1v) is 23.5. The first-order chi connectivity index (χ1) is 19.4. The van der Waals surface area contributed by atoms with Gasteiger partial charge in [0.05, 0.1) is 0 Å². The zero-order chi connectivity index (χ0) is 29.5. The molecule has 0 amide bonds. The van der Waals surface area contributed by atoms with Crippen LogP contribution in [0.15, 0.2) is 0 Å². The van der Waals surface area contributed by atoms with Gasteiger partial charge >= 0.3 is 184 Å². The molecule has 0 aliphatic carbocycles. The Labute approximate surface area is 261 Å². The van der Waals surface area contributed by atoms with Gasteiger partial charge in [0.1, 0.15) is 0 Å². The molecule has 0 unspecified atom stereocenters. The van der Waals surface area contributed by atoms with Crippen molar-refractivity contribution in [2.24, 2.45) is 0 Å². The molecule has 40 heavy (non-hydrogen) atoms. The van der Waals surface area contributed by atoms with Crippen molar-refractivity contribution >= 4 is 17.2 Å². The summed E-state index contributed by atoms with van der Waals surface area (Å²) >= 11 is 7.25. The monoisotopic (exact) mass is 603 g/mol. The van der Waals surface area contributed by atoms with E-state index in [4.69, 9.17) is 11.2 Å². The molecule has 0 saturated heterocycles. The molecule has 0 aromatic carbocycles. The zero-order valence-corrected chi connectivity index (χ0v) is 30.5. The third kappa shape index (κ3) is 33.2. The van der Waals surface area contributed by atoms with E-state index in [0.717, 1.165) is 0 Å². The van der Waals surface area contributed by atoms with E-state index < -0.39 is 5.96 Å². The molecular weight excluding hydrogens is 523 g/mol. The molecule has 0 aliphatic rings. The minimum absolute atomic E-state index is 1.31. The van der Waals surface area contributed by atoms with Crippen LogP contribution in [0.25, 0.3) is 0 Å². The number of hydrogen-bond acceptors (Lipinski definition) is 0. The molecular formula is C38H80ClP. The van der Waals surface area contributed by atoms with Gasteiger partial charge in [-0.25, -0.2) is 0 Å². The quantitative estimate of drug-likeness (QED) is 0.0507. The van der Waals surface area contributed by atoms with E-state index in [1.807, 2.05) is 0 Å². The summed E-state index contributed by atoms with van der Waals surface area (Å²) in [4.78, 5) is 0. The number of hydrogen-bond donors (Lipinski definition) is 0. The zero-order valence-electron chi connectivity index (χ0n) is 28.9. The topological polar surface area (TPSA) is 0 Å². The number of halogens is 1. The van der Waals surface area contributed by atoms with Gasteiger partial charge in [0, 0.05) is 0 Å².